The van der Waals surface area contributed by atoms with Crippen molar-refractivity contribution in [3.05, 3.63) is 78.3 Å². The number of amides is 1. The number of rotatable bonds is 6. The summed E-state index contributed by atoms with van der Waals surface area (Å²) in [7, 11) is 1.62. The molecule has 1 amide bonds. The second-order valence-electron chi connectivity index (χ2n) is 5.68. The maximum atomic E-state index is 11.9. The van der Waals surface area contributed by atoms with E-state index in [1.54, 1.807) is 31.4 Å². The minimum Gasteiger partial charge on any atom is -0.497 e. The monoisotopic (exact) mass is 492 g/mol. The number of benzene rings is 2. The van der Waals surface area contributed by atoms with E-state index in [-0.39, 0.29) is 35.6 Å². The van der Waals surface area contributed by atoms with Gasteiger partial charge in [-0.25, -0.2) is 4.99 Å². The lowest BCUT2D eigenvalue weighted by Crippen LogP contribution is -2.22. The molecule has 3 aromatic rings. The van der Waals surface area contributed by atoms with Crippen molar-refractivity contribution in [2.24, 2.45) is 10.7 Å². The normalized spacial score (nSPS) is 10.7. The van der Waals surface area contributed by atoms with Gasteiger partial charge in [-0.3, -0.25) is 4.79 Å². The summed E-state index contributed by atoms with van der Waals surface area (Å²) in [5, 5.41) is 5.78. The summed E-state index contributed by atoms with van der Waals surface area (Å²) in [5.74, 6) is 1.06. The average molecular weight is 492 g/mol. The Labute approximate surface area is 180 Å². The fraction of sp³-hybridized carbons (Fsp3) is 0.100. The van der Waals surface area contributed by atoms with Crippen molar-refractivity contribution < 1.29 is 13.9 Å². The molecule has 7 nitrogen and oxygen atoms in total. The summed E-state index contributed by atoms with van der Waals surface area (Å²) < 4.78 is 10.2. The number of carbonyl (C=O) groups is 1. The van der Waals surface area contributed by atoms with Crippen LogP contribution < -0.4 is 21.1 Å². The van der Waals surface area contributed by atoms with Crippen molar-refractivity contribution in [2.75, 3.05) is 17.7 Å². The Morgan fingerprint density at radius 1 is 1.04 bits per heavy atom. The molecule has 0 aliphatic heterocycles. The predicted octanol–water partition coefficient (Wildman–Crippen LogP) is 4.09. The Morgan fingerprint density at radius 2 is 1.68 bits per heavy atom. The van der Waals surface area contributed by atoms with E-state index in [9.17, 15) is 4.79 Å². The average Bonchev–Trinajstić information content (AvgIpc) is 3.23. The van der Waals surface area contributed by atoms with E-state index in [4.69, 9.17) is 14.9 Å². The number of carbonyl (C=O) groups excluding carboxylic acids is 1. The van der Waals surface area contributed by atoms with Gasteiger partial charge in [0.25, 0.3) is 5.91 Å². The molecule has 2 aromatic carbocycles. The first-order valence-electron chi connectivity index (χ1n) is 8.29. The molecule has 0 fully saturated rings. The van der Waals surface area contributed by atoms with Crippen LogP contribution >= 0.6 is 24.0 Å². The Morgan fingerprint density at radius 3 is 2.29 bits per heavy atom. The van der Waals surface area contributed by atoms with Crippen molar-refractivity contribution in [2.45, 2.75) is 6.54 Å². The smallest absolute Gasteiger partial charge is 0.291 e. The van der Waals surface area contributed by atoms with E-state index in [0.717, 1.165) is 17.0 Å². The number of methoxy groups -OCH3 is 1. The Balaban J connectivity index is 0.00000280. The molecule has 0 aliphatic rings. The lowest BCUT2D eigenvalue weighted by molar-refractivity contribution is 0.0996. The molecular formula is C20H21IN4O3. The number of hydrogen-bond donors (Lipinski definition) is 3. The third-order valence-electron chi connectivity index (χ3n) is 3.75. The summed E-state index contributed by atoms with van der Waals surface area (Å²) >= 11 is 0. The van der Waals surface area contributed by atoms with Crippen LogP contribution in [0.2, 0.25) is 0 Å². The summed E-state index contributed by atoms with van der Waals surface area (Å²) in [6, 6.07) is 18.0. The molecule has 1 aromatic heterocycles. The molecule has 0 atom stereocenters. The summed E-state index contributed by atoms with van der Waals surface area (Å²) in [6.07, 6.45) is 1.46. The third-order valence-corrected chi connectivity index (χ3v) is 3.75. The van der Waals surface area contributed by atoms with Crippen LogP contribution in [0.3, 0.4) is 0 Å². The molecule has 3 rings (SSSR count). The number of guanidine groups is 1. The first kappa shape index (κ1) is 21.3. The maximum Gasteiger partial charge on any atom is 0.291 e. The molecule has 1 heterocycles. The molecule has 0 saturated carbocycles. The quantitative estimate of drug-likeness (QED) is 0.274. The van der Waals surface area contributed by atoms with Crippen LogP contribution in [0.15, 0.2) is 76.3 Å². The first-order chi connectivity index (χ1) is 13.1. The zero-order chi connectivity index (χ0) is 19.1. The fourth-order valence-corrected chi connectivity index (χ4v) is 2.33. The van der Waals surface area contributed by atoms with Gasteiger partial charge in [0.15, 0.2) is 11.7 Å². The third kappa shape index (κ3) is 6.02. The van der Waals surface area contributed by atoms with Gasteiger partial charge < -0.3 is 25.5 Å². The van der Waals surface area contributed by atoms with E-state index < -0.39 is 0 Å². The Bertz CT molecular complexity index is 908. The summed E-state index contributed by atoms with van der Waals surface area (Å²) in [6.45, 7) is 0.418. The SMILES string of the molecule is COc1ccc(NC(N)=NCc2ccc(NC(=O)c3ccco3)cc2)cc1.I. The molecule has 146 valence electrons. The largest absolute Gasteiger partial charge is 0.497 e. The molecule has 0 radical (unpaired) electrons. The number of nitrogens with one attached hydrogen (secondary N) is 2. The van der Waals surface area contributed by atoms with Crippen LogP contribution in [0.1, 0.15) is 16.1 Å². The summed E-state index contributed by atoms with van der Waals surface area (Å²) in [4.78, 5) is 16.2. The number of nitrogens with zero attached hydrogens (tertiary/aromatic N) is 1. The number of nitrogens with two attached hydrogens (primary N) is 1. The number of halogens is 1. The molecular weight excluding hydrogens is 471 g/mol. The van der Waals surface area contributed by atoms with E-state index >= 15 is 0 Å². The highest BCUT2D eigenvalue weighted by Gasteiger charge is 2.08. The van der Waals surface area contributed by atoms with E-state index in [1.807, 2.05) is 36.4 Å². The highest BCUT2D eigenvalue weighted by atomic mass is 127. The molecule has 0 spiro atoms. The number of hydrogen-bond acceptors (Lipinski definition) is 4. The van der Waals surface area contributed by atoms with Crippen molar-refractivity contribution in [1.82, 2.24) is 0 Å². The predicted molar refractivity (Wildman–Crippen MR) is 120 cm³/mol. The number of ether oxygens (including phenoxy) is 1. The van der Waals surface area contributed by atoms with Crippen molar-refractivity contribution in [3.63, 3.8) is 0 Å². The van der Waals surface area contributed by atoms with Crippen molar-refractivity contribution in [3.8, 4) is 5.75 Å². The number of anilines is 2. The van der Waals surface area contributed by atoms with Crippen LogP contribution in [-0.2, 0) is 6.54 Å². The molecule has 4 N–H and O–H groups in total. The lowest BCUT2D eigenvalue weighted by Gasteiger charge is -2.07. The van der Waals surface area contributed by atoms with Crippen LogP contribution in [-0.4, -0.2) is 19.0 Å². The first-order valence-corrected chi connectivity index (χ1v) is 8.29. The van der Waals surface area contributed by atoms with Crippen LogP contribution in [0.5, 0.6) is 5.75 Å². The summed E-state index contributed by atoms with van der Waals surface area (Å²) in [5.41, 5.74) is 8.38. The van der Waals surface area contributed by atoms with Crippen LogP contribution in [0.25, 0.3) is 0 Å². The van der Waals surface area contributed by atoms with Gasteiger partial charge in [-0.2, -0.15) is 0 Å². The van der Waals surface area contributed by atoms with Gasteiger partial charge in [-0.1, -0.05) is 12.1 Å². The second kappa shape index (κ2) is 10.4. The molecule has 8 heteroatoms. The van der Waals surface area contributed by atoms with Crippen molar-refractivity contribution >= 4 is 47.2 Å². The number of furan rings is 1. The van der Waals surface area contributed by atoms with E-state index in [1.165, 1.54) is 6.26 Å². The maximum absolute atomic E-state index is 11.9. The zero-order valence-corrected chi connectivity index (χ0v) is 17.5. The molecule has 0 aliphatic carbocycles. The minimum absolute atomic E-state index is 0. The molecule has 0 saturated heterocycles. The highest BCUT2D eigenvalue weighted by Crippen LogP contribution is 2.15. The topological polar surface area (TPSA) is 102 Å². The molecule has 28 heavy (non-hydrogen) atoms. The lowest BCUT2D eigenvalue weighted by atomic mass is 10.2. The van der Waals surface area contributed by atoms with Crippen LogP contribution in [0, 0.1) is 0 Å². The van der Waals surface area contributed by atoms with Gasteiger partial charge in [0, 0.05) is 11.4 Å². The van der Waals surface area contributed by atoms with Gasteiger partial charge in [-0.05, 0) is 54.1 Å². The second-order valence-corrected chi connectivity index (χ2v) is 5.68. The number of aliphatic imine (C=N–C) groups is 1. The van der Waals surface area contributed by atoms with Gasteiger partial charge in [0.2, 0.25) is 0 Å². The fourth-order valence-electron chi connectivity index (χ4n) is 2.33. The van der Waals surface area contributed by atoms with E-state index in [0.29, 0.717) is 18.2 Å². The molecule has 0 bridgehead atoms. The van der Waals surface area contributed by atoms with Gasteiger partial charge in [0.1, 0.15) is 5.75 Å². The van der Waals surface area contributed by atoms with Crippen LogP contribution in [0.4, 0.5) is 11.4 Å². The zero-order valence-electron chi connectivity index (χ0n) is 15.2. The minimum atomic E-state index is -0.293. The van der Waals surface area contributed by atoms with Gasteiger partial charge in [0.05, 0.1) is 19.9 Å². The Kier molecular flexibility index (Phi) is 7.88. The Hall–Kier alpha value is -3.01. The van der Waals surface area contributed by atoms with Gasteiger partial charge in [-0.15, -0.1) is 24.0 Å². The highest BCUT2D eigenvalue weighted by molar-refractivity contribution is 14.0. The van der Waals surface area contributed by atoms with Gasteiger partial charge >= 0.3 is 0 Å². The van der Waals surface area contributed by atoms with E-state index in [2.05, 4.69) is 15.6 Å². The van der Waals surface area contributed by atoms with Crippen molar-refractivity contribution in [1.29, 1.82) is 0 Å². The molecule has 0 unspecified atom stereocenters. The standard InChI is InChI=1S/C20H20N4O3.HI/c1-26-17-10-8-16(9-11-17)24-20(21)22-13-14-4-6-15(7-5-14)23-19(25)18-3-2-12-27-18;/h2-12H,13H2,1H3,(H,23,25)(H3,21,22,24);1H.